The van der Waals surface area contributed by atoms with Gasteiger partial charge in [-0.25, -0.2) is 22.2 Å². The highest BCUT2D eigenvalue weighted by Gasteiger charge is 2.26. The Hall–Kier alpha value is -4.45. The highest BCUT2D eigenvalue weighted by Crippen LogP contribution is 2.30. The summed E-state index contributed by atoms with van der Waals surface area (Å²) in [4.78, 5) is 43.4. The number of aliphatic carboxylic acids is 1. The van der Waals surface area contributed by atoms with Gasteiger partial charge in [0.05, 0.1) is 17.0 Å². The van der Waals surface area contributed by atoms with E-state index in [0.29, 0.717) is 16.7 Å². The number of hydrogen-bond acceptors (Lipinski definition) is 6. The van der Waals surface area contributed by atoms with Gasteiger partial charge in [0.25, 0.3) is 0 Å². The van der Waals surface area contributed by atoms with Gasteiger partial charge in [0.2, 0.25) is 15.8 Å². The number of carbonyl (C=O) groups is 3. The summed E-state index contributed by atoms with van der Waals surface area (Å²) < 4.78 is 56.2. The van der Waals surface area contributed by atoms with E-state index in [1.54, 1.807) is 37.3 Å². The molecule has 0 aliphatic rings. The third-order valence-electron chi connectivity index (χ3n) is 6.17. The van der Waals surface area contributed by atoms with Gasteiger partial charge in [0.1, 0.15) is 11.5 Å². The molecule has 0 saturated heterocycles. The third kappa shape index (κ3) is 6.23. The van der Waals surface area contributed by atoms with Crippen molar-refractivity contribution < 1.29 is 36.7 Å². The van der Waals surface area contributed by atoms with Crippen molar-refractivity contribution in [3.8, 4) is 11.1 Å². The maximum atomic E-state index is 15.2. The molecule has 0 aliphatic heterocycles. The lowest BCUT2D eigenvalue weighted by Gasteiger charge is -2.11. The molecule has 4 rings (SSSR count). The average molecular weight is 570 g/mol. The van der Waals surface area contributed by atoms with Crippen molar-refractivity contribution in [2.45, 2.75) is 32.6 Å². The summed E-state index contributed by atoms with van der Waals surface area (Å²) in [7, 11) is -3.89. The zero-order valence-corrected chi connectivity index (χ0v) is 22.1. The van der Waals surface area contributed by atoms with Crippen LogP contribution in [0.4, 0.5) is 14.5 Å². The number of carbonyl (C=O) groups excluding carboxylic acids is 2. The molecule has 40 heavy (non-hydrogen) atoms. The summed E-state index contributed by atoms with van der Waals surface area (Å²) in [6.07, 6.45) is 3.31. The lowest BCUT2D eigenvalue weighted by molar-refractivity contribution is -0.137. The molecule has 0 spiro atoms. The van der Waals surface area contributed by atoms with E-state index in [-0.39, 0.29) is 53.8 Å². The molecule has 0 bridgehead atoms. The molecule has 0 saturated carbocycles. The Morgan fingerprint density at radius 3 is 2.42 bits per heavy atom. The zero-order valence-electron chi connectivity index (χ0n) is 21.3. The molecule has 0 atom stereocenters. The summed E-state index contributed by atoms with van der Waals surface area (Å²) in [5, 5.41) is 9.02. The first-order chi connectivity index (χ1) is 19.0. The number of ketones is 2. The molecule has 2 aromatic heterocycles. The van der Waals surface area contributed by atoms with Gasteiger partial charge in [-0.1, -0.05) is 31.2 Å². The number of rotatable bonds is 12. The second kappa shape index (κ2) is 11.7. The number of benzene rings is 2. The lowest BCUT2D eigenvalue weighted by atomic mass is 9.98. The Labute approximate surface area is 228 Å². The number of anilines is 1. The number of hydrogen-bond donors (Lipinski definition) is 3. The summed E-state index contributed by atoms with van der Waals surface area (Å²) in [5.41, 5.74) is 0.414. The molecule has 9 nitrogen and oxygen atoms in total. The minimum absolute atomic E-state index is 0.0686. The van der Waals surface area contributed by atoms with Crippen LogP contribution in [-0.2, 0) is 14.8 Å². The van der Waals surface area contributed by atoms with Gasteiger partial charge in [0, 0.05) is 47.3 Å². The molecule has 0 aliphatic carbocycles. The van der Waals surface area contributed by atoms with E-state index in [1.807, 2.05) is 0 Å². The minimum Gasteiger partial charge on any atom is -0.481 e. The van der Waals surface area contributed by atoms with Crippen LogP contribution in [0.1, 0.15) is 58.9 Å². The number of halogens is 2. The van der Waals surface area contributed by atoms with Crippen molar-refractivity contribution in [1.82, 2.24) is 9.97 Å². The molecule has 2 aromatic carbocycles. The van der Waals surface area contributed by atoms with E-state index in [0.717, 1.165) is 12.1 Å². The predicted octanol–water partition coefficient (Wildman–Crippen LogP) is 5.33. The van der Waals surface area contributed by atoms with E-state index < -0.39 is 44.7 Å². The van der Waals surface area contributed by atoms with Crippen LogP contribution in [0.3, 0.4) is 0 Å². The number of Topliss-reactive ketones (excluding diaryl/α,β-unsaturated/α-hetero) is 1. The van der Waals surface area contributed by atoms with Crippen molar-refractivity contribution in [2.24, 2.45) is 0 Å². The highest BCUT2D eigenvalue weighted by molar-refractivity contribution is 7.92. The van der Waals surface area contributed by atoms with Gasteiger partial charge in [-0.3, -0.25) is 19.1 Å². The monoisotopic (exact) mass is 569 g/mol. The predicted molar refractivity (Wildman–Crippen MR) is 145 cm³/mol. The van der Waals surface area contributed by atoms with Crippen LogP contribution >= 0.6 is 0 Å². The fraction of sp³-hybridized carbons (Fsp3) is 0.214. The van der Waals surface area contributed by atoms with Gasteiger partial charge in [-0.05, 0) is 36.6 Å². The first-order valence-corrected chi connectivity index (χ1v) is 14.0. The van der Waals surface area contributed by atoms with Gasteiger partial charge < -0.3 is 10.1 Å². The Morgan fingerprint density at radius 1 is 1.02 bits per heavy atom. The minimum atomic E-state index is -3.89. The maximum absolute atomic E-state index is 15.2. The van der Waals surface area contributed by atoms with Crippen LogP contribution in [-0.4, -0.2) is 46.8 Å². The molecule has 208 valence electrons. The second-order valence-corrected chi connectivity index (χ2v) is 10.9. The molecule has 0 fully saturated rings. The van der Waals surface area contributed by atoms with Crippen molar-refractivity contribution in [3.63, 3.8) is 0 Å². The smallest absolute Gasteiger partial charge is 0.303 e. The molecule has 2 heterocycles. The molecule has 12 heteroatoms. The summed E-state index contributed by atoms with van der Waals surface area (Å²) in [6, 6.07) is 9.90. The number of pyridine rings is 1. The third-order valence-corrected chi connectivity index (χ3v) is 7.64. The molecular formula is C28H25F2N3O6S. The quantitative estimate of drug-likeness (QED) is 0.196. The summed E-state index contributed by atoms with van der Waals surface area (Å²) in [5.74, 6) is -4.91. The number of nitrogens with one attached hydrogen (secondary N) is 2. The van der Waals surface area contributed by atoms with Crippen molar-refractivity contribution in [1.29, 1.82) is 0 Å². The topological polar surface area (TPSA) is 146 Å². The maximum Gasteiger partial charge on any atom is 0.303 e. The number of aromatic amines is 1. The molecule has 0 unspecified atom stereocenters. The Bertz CT molecular complexity index is 1720. The average Bonchev–Trinajstić information content (AvgIpc) is 3.33. The van der Waals surface area contributed by atoms with Crippen LogP contribution in [0, 0.1) is 11.6 Å². The van der Waals surface area contributed by atoms with Gasteiger partial charge >= 0.3 is 5.97 Å². The van der Waals surface area contributed by atoms with Crippen LogP contribution in [0.15, 0.2) is 54.9 Å². The van der Waals surface area contributed by atoms with Gasteiger partial charge in [-0.15, -0.1) is 0 Å². The number of H-pyrrole nitrogens is 1. The standard InChI is InChI=1S/C28H25F2N3O6S/c1-2-12-40(38,39)33-22-11-10-21(29)25(26(22)30)27(37)20-15-32-28-19(20)13-18(14-31-28)16-6-8-17(9-7-16)23(34)4-3-5-24(35)36/h6-11,13-15,33H,2-5,12H2,1H3,(H,31,32)(H,35,36). The van der Waals surface area contributed by atoms with Crippen LogP contribution < -0.4 is 4.72 Å². The van der Waals surface area contributed by atoms with Crippen LogP contribution in [0.5, 0.6) is 0 Å². The Morgan fingerprint density at radius 2 is 1.75 bits per heavy atom. The number of nitrogens with zero attached hydrogens (tertiary/aromatic N) is 1. The van der Waals surface area contributed by atoms with E-state index in [4.69, 9.17) is 5.11 Å². The lowest BCUT2D eigenvalue weighted by Crippen LogP contribution is -2.18. The van der Waals surface area contributed by atoms with E-state index in [2.05, 4.69) is 14.7 Å². The first kappa shape index (κ1) is 28.6. The highest BCUT2D eigenvalue weighted by atomic mass is 32.2. The normalized spacial score (nSPS) is 11.5. The Balaban J connectivity index is 1.64. The largest absolute Gasteiger partial charge is 0.481 e. The molecule has 4 aromatic rings. The van der Waals surface area contributed by atoms with Gasteiger partial charge in [-0.2, -0.15) is 0 Å². The fourth-order valence-corrected chi connectivity index (χ4v) is 5.34. The molecule has 0 radical (unpaired) electrons. The second-order valence-electron chi connectivity index (χ2n) is 9.10. The summed E-state index contributed by atoms with van der Waals surface area (Å²) >= 11 is 0. The molecule has 0 amide bonds. The number of aromatic nitrogens is 2. The van der Waals surface area contributed by atoms with Crippen molar-refractivity contribution in [3.05, 3.63) is 83.2 Å². The van der Waals surface area contributed by atoms with Gasteiger partial charge in [0.15, 0.2) is 11.6 Å². The van der Waals surface area contributed by atoms with E-state index >= 15 is 4.39 Å². The SMILES string of the molecule is CCCS(=O)(=O)Nc1ccc(F)c(C(=O)c2c[nH]c3ncc(-c4ccc(C(=O)CCCC(=O)O)cc4)cc23)c1F. The van der Waals surface area contributed by atoms with Crippen molar-refractivity contribution in [2.75, 3.05) is 10.5 Å². The van der Waals surface area contributed by atoms with Crippen LogP contribution in [0.25, 0.3) is 22.2 Å². The summed E-state index contributed by atoms with van der Waals surface area (Å²) in [6.45, 7) is 1.63. The first-order valence-electron chi connectivity index (χ1n) is 12.4. The fourth-order valence-electron chi connectivity index (χ4n) is 4.20. The molecule has 3 N–H and O–H groups in total. The number of fused-ring (bicyclic) bond motifs is 1. The zero-order chi connectivity index (χ0) is 29.0. The van der Waals surface area contributed by atoms with E-state index in [1.165, 1.54) is 12.4 Å². The number of carboxylic acid groups (broad SMARTS) is 1. The van der Waals surface area contributed by atoms with Crippen molar-refractivity contribution >= 4 is 44.3 Å². The van der Waals surface area contributed by atoms with Crippen LogP contribution in [0.2, 0.25) is 0 Å². The van der Waals surface area contributed by atoms with E-state index in [9.17, 15) is 27.2 Å². The Kier molecular flexibility index (Phi) is 8.38. The molecular weight excluding hydrogens is 544 g/mol. The number of carboxylic acids is 1. The number of sulfonamides is 1.